The molecule has 1 aromatic carbocycles. The summed E-state index contributed by atoms with van der Waals surface area (Å²) in [5.41, 5.74) is 0.551. The second-order valence-electron chi connectivity index (χ2n) is 3.89. The molecule has 1 aromatic rings. The Morgan fingerprint density at radius 3 is 2.28 bits per heavy atom. The molecule has 0 aliphatic carbocycles. The van der Waals surface area contributed by atoms with Gasteiger partial charge in [-0.05, 0) is 24.1 Å². The summed E-state index contributed by atoms with van der Waals surface area (Å²) < 4.78 is 28.8. The summed E-state index contributed by atoms with van der Waals surface area (Å²) >= 11 is 0. The van der Waals surface area contributed by atoms with Crippen LogP contribution in [0.5, 0.6) is 5.75 Å². The maximum absolute atomic E-state index is 11.9. The summed E-state index contributed by atoms with van der Waals surface area (Å²) in [6, 6.07) is 6.52. The first kappa shape index (κ1) is 14.5. The van der Waals surface area contributed by atoms with Crippen LogP contribution in [0.4, 0.5) is 0 Å². The van der Waals surface area contributed by atoms with E-state index >= 15 is 0 Å². The maximum atomic E-state index is 11.9. The Hall–Kier alpha value is -1.56. The molecule has 5 nitrogen and oxygen atoms in total. The zero-order valence-electron chi connectivity index (χ0n) is 10.3. The number of hydrogen-bond acceptors (Lipinski definition) is 4. The molecular weight excluding hydrogens is 256 g/mol. The lowest BCUT2D eigenvalue weighted by molar-refractivity contribution is -0.136. The number of ether oxygens (including phenoxy) is 1. The molecular formula is C12H16O5S. The van der Waals surface area contributed by atoms with Crippen LogP contribution in [0.2, 0.25) is 0 Å². The molecule has 0 radical (unpaired) electrons. The van der Waals surface area contributed by atoms with Gasteiger partial charge in [0.15, 0.2) is 15.1 Å². The van der Waals surface area contributed by atoms with E-state index in [2.05, 4.69) is 0 Å². The van der Waals surface area contributed by atoms with E-state index in [0.717, 1.165) is 0 Å². The quantitative estimate of drug-likeness (QED) is 0.848. The van der Waals surface area contributed by atoms with Crippen LogP contribution in [0.3, 0.4) is 0 Å². The van der Waals surface area contributed by atoms with Crippen LogP contribution >= 0.6 is 0 Å². The highest BCUT2D eigenvalue weighted by atomic mass is 32.2. The zero-order chi connectivity index (χ0) is 13.8. The van der Waals surface area contributed by atoms with Gasteiger partial charge in [-0.1, -0.05) is 19.1 Å². The van der Waals surface area contributed by atoms with Crippen molar-refractivity contribution in [3.05, 3.63) is 29.8 Å². The van der Waals surface area contributed by atoms with E-state index in [1.807, 2.05) is 0 Å². The monoisotopic (exact) mass is 272 g/mol. The van der Waals surface area contributed by atoms with Gasteiger partial charge in [0.05, 0.1) is 12.9 Å². The predicted octanol–water partition coefficient (Wildman–Crippen LogP) is 1.47. The van der Waals surface area contributed by atoms with E-state index < -0.39 is 21.1 Å². The van der Waals surface area contributed by atoms with Gasteiger partial charge in [-0.15, -0.1) is 0 Å². The minimum atomic E-state index is -3.68. The number of methoxy groups -OCH3 is 1. The molecule has 0 saturated heterocycles. The Morgan fingerprint density at radius 2 is 1.89 bits per heavy atom. The van der Waals surface area contributed by atoms with E-state index in [4.69, 9.17) is 9.84 Å². The third-order valence-corrected chi connectivity index (χ3v) is 4.74. The molecule has 0 amide bonds. The molecule has 0 saturated carbocycles. The van der Waals surface area contributed by atoms with E-state index in [0.29, 0.717) is 11.3 Å². The Kier molecular flexibility index (Phi) is 4.72. The number of rotatable bonds is 6. The Labute approximate surface area is 106 Å². The van der Waals surface area contributed by atoms with Crippen LogP contribution < -0.4 is 4.74 Å². The average Bonchev–Trinajstić information content (AvgIpc) is 2.29. The topological polar surface area (TPSA) is 80.7 Å². The normalized spacial score (nSPS) is 13.0. The van der Waals surface area contributed by atoms with Gasteiger partial charge in [-0.2, -0.15) is 0 Å². The third kappa shape index (κ3) is 3.46. The van der Waals surface area contributed by atoms with Crippen molar-refractivity contribution in [3.63, 3.8) is 0 Å². The molecule has 6 heteroatoms. The molecule has 1 N–H and O–H groups in total. The molecule has 1 unspecified atom stereocenters. The smallest absolute Gasteiger partial charge is 0.321 e. The fourth-order valence-electron chi connectivity index (χ4n) is 1.64. The van der Waals surface area contributed by atoms with Crippen LogP contribution in [0.1, 0.15) is 18.9 Å². The van der Waals surface area contributed by atoms with E-state index in [1.165, 1.54) is 7.11 Å². The van der Waals surface area contributed by atoms with Gasteiger partial charge in [0, 0.05) is 0 Å². The van der Waals surface area contributed by atoms with Crippen molar-refractivity contribution < 1.29 is 23.1 Å². The summed E-state index contributed by atoms with van der Waals surface area (Å²) in [7, 11) is -2.17. The highest BCUT2D eigenvalue weighted by Gasteiger charge is 2.30. The van der Waals surface area contributed by atoms with Gasteiger partial charge in [-0.25, -0.2) is 8.42 Å². The molecule has 0 bridgehead atoms. The minimum absolute atomic E-state index is 0.0633. The van der Waals surface area contributed by atoms with Gasteiger partial charge in [-0.3, -0.25) is 4.79 Å². The first-order chi connectivity index (χ1) is 8.40. The van der Waals surface area contributed by atoms with Crippen molar-refractivity contribution in [1.29, 1.82) is 0 Å². The maximum Gasteiger partial charge on any atom is 0.321 e. The van der Waals surface area contributed by atoms with Crippen molar-refractivity contribution in [2.24, 2.45) is 0 Å². The molecule has 18 heavy (non-hydrogen) atoms. The summed E-state index contributed by atoms with van der Waals surface area (Å²) in [6.07, 6.45) is 0.0633. The lowest BCUT2D eigenvalue weighted by Crippen LogP contribution is -2.30. The second-order valence-corrected chi connectivity index (χ2v) is 6.07. The molecule has 0 aliphatic heterocycles. The SMILES string of the molecule is CCC(C(=O)O)S(=O)(=O)Cc1ccc(OC)cc1. The van der Waals surface area contributed by atoms with Crippen molar-refractivity contribution in [1.82, 2.24) is 0 Å². The summed E-state index contributed by atoms with van der Waals surface area (Å²) in [5, 5.41) is 7.52. The Balaban J connectivity index is 2.90. The molecule has 0 aliphatic rings. The lowest BCUT2D eigenvalue weighted by Gasteiger charge is -2.11. The van der Waals surface area contributed by atoms with E-state index in [9.17, 15) is 13.2 Å². The molecule has 0 fully saturated rings. The number of sulfone groups is 1. The Morgan fingerprint density at radius 1 is 1.33 bits per heavy atom. The van der Waals surface area contributed by atoms with Gasteiger partial charge in [0.25, 0.3) is 0 Å². The third-order valence-electron chi connectivity index (χ3n) is 2.61. The molecule has 0 spiro atoms. The lowest BCUT2D eigenvalue weighted by atomic mass is 10.2. The first-order valence-corrected chi connectivity index (χ1v) is 7.19. The van der Waals surface area contributed by atoms with Crippen molar-refractivity contribution in [2.45, 2.75) is 24.3 Å². The largest absolute Gasteiger partial charge is 0.497 e. The van der Waals surface area contributed by atoms with Crippen LogP contribution in [-0.4, -0.2) is 31.9 Å². The van der Waals surface area contributed by atoms with E-state index in [1.54, 1.807) is 31.2 Å². The van der Waals surface area contributed by atoms with Crippen molar-refractivity contribution in [3.8, 4) is 5.75 Å². The number of carboxylic acid groups (broad SMARTS) is 1. The highest BCUT2D eigenvalue weighted by molar-refractivity contribution is 7.92. The van der Waals surface area contributed by atoms with Crippen LogP contribution in [-0.2, 0) is 20.4 Å². The second kappa shape index (κ2) is 5.86. The fraction of sp³-hybridized carbons (Fsp3) is 0.417. The summed E-state index contributed by atoms with van der Waals surface area (Å²) in [5.74, 6) is -0.950. The summed E-state index contributed by atoms with van der Waals surface area (Å²) in [6.45, 7) is 1.55. The minimum Gasteiger partial charge on any atom is -0.497 e. The van der Waals surface area contributed by atoms with E-state index in [-0.39, 0.29) is 12.2 Å². The average molecular weight is 272 g/mol. The number of carboxylic acids is 1. The van der Waals surface area contributed by atoms with Gasteiger partial charge in [0.2, 0.25) is 0 Å². The molecule has 0 heterocycles. The molecule has 1 rings (SSSR count). The summed E-state index contributed by atoms with van der Waals surface area (Å²) in [4.78, 5) is 10.9. The molecule has 100 valence electrons. The van der Waals surface area contributed by atoms with Crippen LogP contribution in [0.25, 0.3) is 0 Å². The highest BCUT2D eigenvalue weighted by Crippen LogP contribution is 2.17. The van der Waals surface area contributed by atoms with Crippen LogP contribution in [0, 0.1) is 0 Å². The van der Waals surface area contributed by atoms with Crippen molar-refractivity contribution in [2.75, 3.05) is 7.11 Å². The number of aliphatic carboxylic acids is 1. The molecule has 1 atom stereocenters. The number of benzene rings is 1. The van der Waals surface area contributed by atoms with Gasteiger partial charge in [0.1, 0.15) is 5.75 Å². The predicted molar refractivity (Wildman–Crippen MR) is 67.3 cm³/mol. The first-order valence-electron chi connectivity index (χ1n) is 5.48. The van der Waals surface area contributed by atoms with Crippen molar-refractivity contribution >= 4 is 15.8 Å². The van der Waals surface area contributed by atoms with Gasteiger partial charge < -0.3 is 9.84 Å². The number of hydrogen-bond donors (Lipinski definition) is 1. The Bertz CT molecular complexity index is 504. The van der Waals surface area contributed by atoms with Gasteiger partial charge >= 0.3 is 5.97 Å². The standard InChI is InChI=1S/C12H16O5S/c1-3-11(12(13)14)18(15,16)8-9-4-6-10(17-2)7-5-9/h4-7,11H,3,8H2,1-2H3,(H,13,14). The zero-order valence-corrected chi connectivity index (χ0v) is 11.1. The number of carbonyl (C=O) groups is 1. The fourth-order valence-corrected chi connectivity index (χ4v) is 3.31. The molecule has 0 aromatic heterocycles. The van der Waals surface area contributed by atoms with Crippen LogP contribution in [0.15, 0.2) is 24.3 Å².